The predicted molar refractivity (Wildman–Crippen MR) is 367 cm³/mol. The normalized spacial score (nSPS) is 14.5. The highest BCUT2D eigenvalue weighted by atomic mass is 31.2. The lowest BCUT2D eigenvalue weighted by molar-refractivity contribution is -0.161. The van der Waals surface area contributed by atoms with Crippen molar-refractivity contribution in [3.63, 3.8) is 0 Å². The van der Waals surface area contributed by atoms with E-state index in [0.717, 1.165) is 115 Å². The molecule has 0 aromatic carbocycles. The third-order valence-corrected chi connectivity index (χ3v) is 18.8. The third-order valence-electron chi connectivity index (χ3n) is 16.9. The molecule has 0 fully saturated rings. The maximum atomic E-state index is 13.0. The molecule has 4 unspecified atom stereocenters. The summed E-state index contributed by atoms with van der Waals surface area (Å²) in [5.74, 6) is 0.840. The highest BCUT2D eigenvalue weighted by Crippen LogP contribution is 2.45. The number of rotatable bonds is 69. The van der Waals surface area contributed by atoms with Crippen molar-refractivity contribution in [1.82, 2.24) is 0 Å². The van der Waals surface area contributed by atoms with Crippen LogP contribution in [0.4, 0.5) is 0 Å². The van der Waals surface area contributed by atoms with Gasteiger partial charge in [0.1, 0.15) is 19.3 Å². The average Bonchev–Trinajstić information content (AvgIpc) is 3.64. The summed E-state index contributed by atoms with van der Waals surface area (Å²) in [6.45, 7) is 14.1. The Morgan fingerprint density at radius 2 is 0.527 bits per heavy atom. The molecule has 0 aromatic rings. The maximum absolute atomic E-state index is 13.0. The summed E-state index contributed by atoms with van der Waals surface area (Å²) in [7, 11) is -9.90. The maximum Gasteiger partial charge on any atom is 0.472 e. The highest BCUT2D eigenvalue weighted by molar-refractivity contribution is 7.47. The third kappa shape index (κ3) is 65.1. The molecule has 0 bridgehead atoms. The Morgan fingerprint density at radius 1 is 0.308 bits per heavy atom. The van der Waals surface area contributed by atoms with Gasteiger partial charge in [0.15, 0.2) is 12.2 Å². The first-order valence-electron chi connectivity index (χ1n) is 37.2. The van der Waals surface area contributed by atoms with Gasteiger partial charge >= 0.3 is 39.5 Å². The van der Waals surface area contributed by atoms with Crippen molar-refractivity contribution in [2.75, 3.05) is 39.6 Å². The predicted octanol–water partition coefficient (Wildman–Crippen LogP) is 20.5. The zero-order chi connectivity index (χ0) is 67.5. The number of aliphatic hydroxyl groups is 1. The van der Waals surface area contributed by atoms with Gasteiger partial charge in [-0.05, 0) is 49.4 Å². The van der Waals surface area contributed by atoms with Gasteiger partial charge in [0, 0.05) is 25.7 Å². The van der Waals surface area contributed by atoms with E-state index in [2.05, 4.69) is 55.4 Å². The average molecular weight is 1340 g/mol. The molecule has 0 heterocycles. The number of hydrogen-bond donors (Lipinski definition) is 3. The number of aliphatic hydroxyl groups excluding tert-OH is 1. The van der Waals surface area contributed by atoms with E-state index in [-0.39, 0.29) is 25.7 Å². The molecule has 19 heteroatoms. The largest absolute Gasteiger partial charge is 0.472 e. The number of phosphoric acid groups is 2. The quantitative estimate of drug-likeness (QED) is 0.0222. The van der Waals surface area contributed by atoms with Crippen molar-refractivity contribution in [3.8, 4) is 0 Å². The molecule has 0 saturated carbocycles. The monoisotopic (exact) mass is 1340 g/mol. The summed E-state index contributed by atoms with van der Waals surface area (Å²) in [6.07, 6.45) is 44.7. The number of carbonyl (C=O) groups is 4. The molecule has 17 nitrogen and oxygen atoms in total. The highest BCUT2D eigenvalue weighted by Gasteiger charge is 2.30. The SMILES string of the molecule is CCC(C)CCCCCCCCCCCCC(=O)O[C@H](COC(=O)CCCCCCCCC(C)C)COP(=O)(O)OCC(O)COP(=O)(O)OC[C@@H](COC(=O)CCCCCCCCC(C)C)OC(=O)CCCCCCCCCCCCCCCCCCC(C)C. The first-order chi connectivity index (χ1) is 43.6. The number of phosphoric ester groups is 2. The van der Waals surface area contributed by atoms with Crippen LogP contribution in [0.25, 0.3) is 0 Å². The zero-order valence-corrected chi connectivity index (χ0v) is 61.3. The topological polar surface area (TPSA) is 237 Å². The summed E-state index contributed by atoms with van der Waals surface area (Å²) in [5, 5.41) is 10.6. The number of ether oxygens (including phenoxy) is 4. The van der Waals surface area contributed by atoms with Gasteiger partial charge in [-0.15, -0.1) is 0 Å². The molecular weight excluding hydrogens is 1200 g/mol. The lowest BCUT2D eigenvalue weighted by atomic mass is 9.99. The molecule has 0 rings (SSSR count). The van der Waals surface area contributed by atoms with E-state index in [4.69, 9.17) is 37.0 Å². The van der Waals surface area contributed by atoms with E-state index < -0.39 is 97.5 Å². The molecule has 3 N–H and O–H groups in total. The summed E-state index contributed by atoms with van der Waals surface area (Å²) in [5.41, 5.74) is 0. The van der Waals surface area contributed by atoms with Crippen LogP contribution >= 0.6 is 15.6 Å². The fourth-order valence-electron chi connectivity index (χ4n) is 10.8. The molecule has 0 saturated heterocycles. The molecule has 0 aliphatic heterocycles. The van der Waals surface area contributed by atoms with Crippen LogP contribution in [-0.2, 0) is 65.4 Å². The number of unbranched alkanes of at least 4 members (excludes halogenated alkanes) is 34. The van der Waals surface area contributed by atoms with E-state index in [1.165, 1.54) is 148 Å². The van der Waals surface area contributed by atoms with Crippen molar-refractivity contribution >= 4 is 39.5 Å². The van der Waals surface area contributed by atoms with E-state index in [1.807, 2.05) is 0 Å². The van der Waals surface area contributed by atoms with Crippen molar-refractivity contribution in [2.24, 2.45) is 23.7 Å². The van der Waals surface area contributed by atoms with Crippen LogP contribution in [-0.4, -0.2) is 96.7 Å². The number of hydrogen-bond acceptors (Lipinski definition) is 15. The second-order valence-corrected chi connectivity index (χ2v) is 30.6. The Labute approximate surface area is 556 Å². The Bertz CT molecular complexity index is 1800. The van der Waals surface area contributed by atoms with Gasteiger partial charge in [-0.1, -0.05) is 306 Å². The van der Waals surface area contributed by atoms with Crippen LogP contribution in [0, 0.1) is 23.7 Å². The molecule has 0 radical (unpaired) electrons. The minimum absolute atomic E-state index is 0.105. The van der Waals surface area contributed by atoms with E-state index in [1.54, 1.807) is 0 Å². The van der Waals surface area contributed by atoms with Crippen LogP contribution in [0.2, 0.25) is 0 Å². The van der Waals surface area contributed by atoms with Gasteiger partial charge in [0.25, 0.3) is 0 Å². The molecule has 91 heavy (non-hydrogen) atoms. The van der Waals surface area contributed by atoms with E-state index >= 15 is 0 Å². The standard InChI is InChI=1S/C72H140O17P2/c1-9-65(8)51-43-35-25-21-18-19-23-27-39-47-55-72(77)89-68(59-83-70(75)53-45-37-31-29-34-42-50-64(6)7)61-87-91(80,81)85-57-66(73)56-84-90(78,79)86-60-67(58-82-69(74)52-44-36-30-28-33-41-49-63(4)5)88-71(76)54-46-38-26-22-17-15-13-11-10-12-14-16-20-24-32-40-48-62(2)3/h62-68,73H,9-61H2,1-8H3,(H,78,79)(H,80,81)/t65?,66?,67-,68-/m1/s1. The second kappa shape index (κ2) is 61.6. The smallest absolute Gasteiger partial charge is 0.462 e. The van der Waals surface area contributed by atoms with Gasteiger partial charge < -0.3 is 33.8 Å². The fourth-order valence-corrected chi connectivity index (χ4v) is 12.4. The van der Waals surface area contributed by atoms with Crippen molar-refractivity contribution in [1.29, 1.82) is 0 Å². The van der Waals surface area contributed by atoms with Gasteiger partial charge in [-0.3, -0.25) is 37.3 Å². The molecule has 6 atom stereocenters. The Kier molecular flexibility index (Phi) is 60.3. The lowest BCUT2D eigenvalue weighted by Gasteiger charge is -2.21. The molecule has 0 aromatic heterocycles. The van der Waals surface area contributed by atoms with E-state index in [9.17, 15) is 43.2 Å². The van der Waals surface area contributed by atoms with E-state index in [0.29, 0.717) is 37.5 Å². The summed E-state index contributed by atoms with van der Waals surface area (Å²) >= 11 is 0. The van der Waals surface area contributed by atoms with Gasteiger partial charge in [0.05, 0.1) is 26.4 Å². The summed E-state index contributed by atoms with van der Waals surface area (Å²) < 4.78 is 68.3. The first-order valence-corrected chi connectivity index (χ1v) is 40.2. The first kappa shape index (κ1) is 89.1. The van der Waals surface area contributed by atoms with Crippen molar-refractivity contribution < 1.29 is 80.2 Å². The molecule has 0 aliphatic carbocycles. The number of esters is 4. The fraction of sp³-hybridized carbons (Fsp3) is 0.944. The second-order valence-electron chi connectivity index (χ2n) is 27.6. The minimum atomic E-state index is -4.95. The molecule has 0 spiro atoms. The van der Waals surface area contributed by atoms with Crippen LogP contribution in [0.15, 0.2) is 0 Å². The minimum Gasteiger partial charge on any atom is -0.462 e. The van der Waals surface area contributed by atoms with Gasteiger partial charge in [-0.25, -0.2) is 9.13 Å². The van der Waals surface area contributed by atoms with Crippen LogP contribution in [0.5, 0.6) is 0 Å². The summed E-state index contributed by atoms with van der Waals surface area (Å²) in [4.78, 5) is 72.5. The van der Waals surface area contributed by atoms with Crippen LogP contribution in [0.3, 0.4) is 0 Å². The zero-order valence-electron chi connectivity index (χ0n) is 59.5. The van der Waals surface area contributed by atoms with Crippen LogP contribution < -0.4 is 0 Å². The lowest BCUT2D eigenvalue weighted by Crippen LogP contribution is -2.30. The molecule has 0 amide bonds. The van der Waals surface area contributed by atoms with Crippen molar-refractivity contribution in [3.05, 3.63) is 0 Å². The molecule has 540 valence electrons. The summed E-state index contributed by atoms with van der Waals surface area (Å²) in [6, 6.07) is 0. The molecule has 0 aliphatic rings. The van der Waals surface area contributed by atoms with Crippen LogP contribution in [0.1, 0.15) is 357 Å². The molecular formula is C72H140O17P2. The van der Waals surface area contributed by atoms with Gasteiger partial charge in [0.2, 0.25) is 0 Å². The van der Waals surface area contributed by atoms with Crippen molar-refractivity contribution in [2.45, 2.75) is 375 Å². The van der Waals surface area contributed by atoms with Gasteiger partial charge in [-0.2, -0.15) is 0 Å². The Hall–Kier alpha value is -1.94. The Balaban J connectivity index is 5.18. The Morgan fingerprint density at radius 3 is 0.780 bits per heavy atom. The number of carbonyl (C=O) groups excluding carboxylic acids is 4.